The van der Waals surface area contributed by atoms with Crippen molar-refractivity contribution < 1.29 is 14.3 Å². The number of nitrogens with two attached hydrogens (primary N) is 1. The van der Waals surface area contributed by atoms with E-state index in [1.54, 1.807) is 0 Å². The third-order valence-electron chi connectivity index (χ3n) is 2.24. The highest BCUT2D eigenvalue weighted by Crippen LogP contribution is 2.13. The molecule has 0 aliphatic heterocycles. The summed E-state index contributed by atoms with van der Waals surface area (Å²) in [5.74, 6) is -0.961. The Balaban J connectivity index is 2.46. The van der Waals surface area contributed by atoms with Gasteiger partial charge in [-0.05, 0) is 18.2 Å². The largest absolute Gasteiger partial charge is 0.417 e. The number of oxazole rings is 1. The number of Topliss-reactive ketones (excluding diaryl/α,β-unsaturated/α-hetero) is 1. The molecule has 84 valence electrons. The Morgan fingerprint density at radius 3 is 3.00 bits per heavy atom. The van der Waals surface area contributed by atoms with Gasteiger partial charge in [0.05, 0.1) is 18.2 Å². The average molecular weight is 222 g/mol. The van der Waals surface area contributed by atoms with E-state index < -0.39 is 18.4 Å². The van der Waals surface area contributed by atoms with Crippen LogP contribution in [0.2, 0.25) is 0 Å². The highest BCUT2D eigenvalue weighted by atomic mass is 16.4. The lowest BCUT2D eigenvalue weighted by atomic mass is 10.1. The van der Waals surface area contributed by atoms with Crippen molar-refractivity contribution in [1.29, 1.82) is 0 Å². The van der Waals surface area contributed by atoms with E-state index in [9.17, 15) is 9.59 Å². The molecule has 2 aromatic rings. The molecule has 16 heavy (non-hydrogen) atoms. The Labute approximate surface area is 89.7 Å². The van der Waals surface area contributed by atoms with Crippen LogP contribution in [-0.4, -0.2) is 28.5 Å². The van der Waals surface area contributed by atoms with E-state index in [0.717, 1.165) is 0 Å². The van der Waals surface area contributed by atoms with Gasteiger partial charge >= 0.3 is 5.76 Å². The van der Waals surface area contributed by atoms with Crippen molar-refractivity contribution in [3.63, 3.8) is 0 Å². The highest BCUT2D eigenvalue weighted by molar-refractivity contribution is 6.02. The zero-order valence-corrected chi connectivity index (χ0v) is 8.27. The summed E-state index contributed by atoms with van der Waals surface area (Å²) in [4.78, 5) is 24.9. The van der Waals surface area contributed by atoms with Gasteiger partial charge in [0.2, 0.25) is 0 Å². The van der Waals surface area contributed by atoms with Crippen LogP contribution >= 0.6 is 0 Å². The Kier molecular flexibility index (Phi) is 2.59. The normalized spacial score (nSPS) is 12.9. The molecule has 0 saturated carbocycles. The molecule has 0 amide bonds. The number of aromatic nitrogens is 1. The first kappa shape index (κ1) is 10.6. The zero-order chi connectivity index (χ0) is 11.7. The molecule has 0 bridgehead atoms. The van der Waals surface area contributed by atoms with E-state index in [2.05, 4.69) is 4.98 Å². The van der Waals surface area contributed by atoms with E-state index in [-0.39, 0.29) is 5.78 Å². The maximum absolute atomic E-state index is 11.6. The lowest BCUT2D eigenvalue weighted by molar-refractivity contribution is 0.0925. The summed E-state index contributed by atoms with van der Waals surface area (Å²) in [6.07, 6.45) is 0. The lowest BCUT2D eigenvalue weighted by Crippen LogP contribution is -2.33. The predicted molar refractivity (Wildman–Crippen MR) is 56.2 cm³/mol. The van der Waals surface area contributed by atoms with Crippen LogP contribution in [0.1, 0.15) is 10.4 Å². The van der Waals surface area contributed by atoms with E-state index >= 15 is 0 Å². The Bertz CT molecular complexity index is 584. The van der Waals surface area contributed by atoms with Crippen LogP contribution < -0.4 is 11.5 Å². The summed E-state index contributed by atoms with van der Waals surface area (Å²) in [5, 5.41) is 8.76. The van der Waals surface area contributed by atoms with E-state index in [0.29, 0.717) is 16.7 Å². The molecule has 6 nitrogen and oxygen atoms in total. The van der Waals surface area contributed by atoms with Gasteiger partial charge in [0.15, 0.2) is 11.4 Å². The minimum atomic E-state index is -0.948. The Morgan fingerprint density at radius 2 is 2.31 bits per heavy atom. The van der Waals surface area contributed by atoms with Gasteiger partial charge in [-0.3, -0.25) is 9.78 Å². The first-order valence-electron chi connectivity index (χ1n) is 4.65. The summed E-state index contributed by atoms with van der Waals surface area (Å²) in [5.41, 5.74) is 6.53. The van der Waals surface area contributed by atoms with Crippen molar-refractivity contribution in [1.82, 2.24) is 4.98 Å². The molecular weight excluding hydrogens is 212 g/mol. The van der Waals surface area contributed by atoms with Gasteiger partial charge in [-0.2, -0.15) is 0 Å². The summed E-state index contributed by atoms with van der Waals surface area (Å²) >= 11 is 0. The first-order valence-corrected chi connectivity index (χ1v) is 4.65. The van der Waals surface area contributed by atoms with E-state index in [4.69, 9.17) is 15.3 Å². The van der Waals surface area contributed by atoms with Crippen LogP contribution in [0.3, 0.4) is 0 Å². The third kappa shape index (κ3) is 1.75. The van der Waals surface area contributed by atoms with Crippen LogP contribution in [0.4, 0.5) is 0 Å². The summed E-state index contributed by atoms with van der Waals surface area (Å²) < 4.78 is 4.79. The van der Waals surface area contributed by atoms with E-state index in [1.807, 2.05) is 0 Å². The molecule has 1 atom stereocenters. The maximum atomic E-state index is 11.6. The minimum absolute atomic E-state index is 0.325. The monoisotopic (exact) mass is 222 g/mol. The molecule has 6 heteroatoms. The number of aliphatic hydroxyl groups is 1. The molecule has 0 aliphatic rings. The Hall–Kier alpha value is -1.92. The average Bonchev–Trinajstić information content (AvgIpc) is 2.65. The zero-order valence-electron chi connectivity index (χ0n) is 8.27. The number of hydrogen-bond donors (Lipinski definition) is 3. The van der Waals surface area contributed by atoms with Crippen LogP contribution in [-0.2, 0) is 0 Å². The smallest absolute Gasteiger partial charge is 0.408 e. The SMILES string of the molecule is NC(CO)C(=O)c1ccc2oc(=O)[nH]c2c1. The number of H-pyrrole nitrogens is 1. The third-order valence-corrected chi connectivity index (χ3v) is 2.24. The first-order chi connectivity index (χ1) is 7.61. The van der Waals surface area contributed by atoms with Crippen molar-refractivity contribution in [2.75, 3.05) is 6.61 Å². The molecule has 1 heterocycles. The Morgan fingerprint density at radius 1 is 1.56 bits per heavy atom. The molecular formula is C10H10N2O4. The number of ketones is 1. The van der Waals surface area contributed by atoms with Crippen molar-refractivity contribution >= 4 is 16.9 Å². The van der Waals surface area contributed by atoms with E-state index in [1.165, 1.54) is 18.2 Å². The predicted octanol–water partition coefficient (Wildman–Crippen LogP) is -0.377. The number of rotatable bonds is 3. The van der Waals surface area contributed by atoms with Gasteiger partial charge < -0.3 is 15.3 Å². The topological polar surface area (TPSA) is 109 Å². The van der Waals surface area contributed by atoms with Gasteiger partial charge in [0.1, 0.15) is 0 Å². The second-order valence-corrected chi connectivity index (χ2v) is 3.38. The fourth-order valence-electron chi connectivity index (χ4n) is 1.40. The number of fused-ring (bicyclic) bond motifs is 1. The maximum Gasteiger partial charge on any atom is 0.417 e. The van der Waals surface area contributed by atoms with Gasteiger partial charge in [0, 0.05) is 5.56 Å². The number of aliphatic hydroxyl groups excluding tert-OH is 1. The quantitative estimate of drug-likeness (QED) is 0.613. The molecule has 2 rings (SSSR count). The standard InChI is InChI=1S/C10H10N2O4/c11-6(4-13)9(14)5-1-2-8-7(3-5)12-10(15)16-8/h1-3,6,13H,4,11H2,(H,12,15). The van der Waals surface area contributed by atoms with Crippen LogP contribution in [0.15, 0.2) is 27.4 Å². The molecule has 0 fully saturated rings. The fraction of sp³-hybridized carbons (Fsp3) is 0.200. The summed E-state index contributed by atoms with van der Waals surface area (Å²) in [6, 6.07) is 3.52. The molecule has 0 saturated heterocycles. The number of hydrogen-bond acceptors (Lipinski definition) is 5. The van der Waals surface area contributed by atoms with Crippen LogP contribution in [0.5, 0.6) is 0 Å². The number of nitrogens with one attached hydrogen (secondary N) is 1. The molecule has 0 radical (unpaired) electrons. The number of aromatic amines is 1. The van der Waals surface area contributed by atoms with Crippen molar-refractivity contribution in [3.05, 3.63) is 34.3 Å². The van der Waals surface area contributed by atoms with Gasteiger partial charge in [-0.25, -0.2) is 4.79 Å². The van der Waals surface area contributed by atoms with Crippen LogP contribution in [0.25, 0.3) is 11.1 Å². The van der Waals surface area contributed by atoms with Gasteiger partial charge in [-0.1, -0.05) is 0 Å². The number of benzene rings is 1. The fourth-order valence-corrected chi connectivity index (χ4v) is 1.40. The highest BCUT2D eigenvalue weighted by Gasteiger charge is 2.15. The summed E-state index contributed by atoms with van der Waals surface area (Å²) in [7, 11) is 0. The molecule has 1 aromatic carbocycles. The van der Waals surface area contributed by atoms with Crippen molar-refractivity contribution in [3.8, 4) is 0 Å². The van der Waals surface area contributed by atoms with Gasteiger partial charge in [0.25, 0.3) is 0 Å². The van der Waals surface area contributed by atoms with Gasteiger partial charge in [-0.15, -0.1) is 0 Å². The molecule has 1 unspecified atom stereocenters. The lowest BCUT2D eigenvalue weighted by Gasteiger charge is -2.06. The molecule has 0 aliphatic carbocycles. The second-order valence-electron chi connectivity index (χ2n) is 3.38. The molecule has 0 spiro atoms. The second kappa shape index (κ2) is 3.92. The summed E-state index contributed by atoms with van der Waals surface area (Å²) in [6.45, 7) is -0.418. The van der Waals surface area contributed by atoms with Crippen molar-refractivity contribution in [2.24, 2.45) is 5.73 Å². The van der Waals surface area contributed by atoms with Crippen LogP contribution in [0, 0.1) is 0 Å². The number of carbonyl (C=O) groups excluding carboxylic acids is 1. The number of carbonyl (C=O) groups is 1. The molecule has 1 aromatic heterocycles. The minimum Gasteiger partial charge on any atom is -0.408 e. The molecule has 4 N–H and O–H groups in total. The van der Waals surface area contributed by atoms with Crippen molar-refractivity contribution in [2.45, 2.75) is 6.04 Å².